The van der Waals surface area contributed by atoms with Crippen LogP contribution in [0.2, 0.25) is 20.1 Å². The molecule has 0 aliphatic heterocycles. The van der Waals surface area contributed by atoms with Gasteiger partial charge in [0.2, 0.25) is 0 Å². The summed E-state index contributed by atoms with van der Waals surface area (Å²) in [4.78, 5) is 23.2. The predicted molar refractivity (Wildman–Crippen MR) is 95.0 cm³/mol. The zero-order chi connectivity index (χ0) is 18.4. The number of ether oxygens (including phenoxy) is 3. The Bertz CT molecular complexity index is 794. The number of rotatable bonds is 6. The highest BCUT2D eigenvalue weighted by atomic mass is 35.5. The standard InChI is InChI=1S/C16H10Cl4O5/c17-9-1-3-13(11(19)5-9)23-7-15(21)24-8-16(22)25-14-4-2-10(18)6-12(14)20/h1-6H,7-8H2. The van der Waals surface area contributed by atoms with Gasteiger partial charge in [0.05, 0.1) is 10.0 Å². The van der Waals surface area contributed by atoms with Gasteiger partial charge in [-0.05, 0) is 36.4 Å². The van der Waals surface area contributed by atoms with Crippen molar-refractivity contribution in [2.24, 2.45) is 0 Å². The molecule has 0 saturated heterocycles. The molecule has 2 aromatic rings. The van der Waals surface area contributed by atoms with Crippen LogP contribution in [0.3, 0.4) is 0 Å². The fraction of sp³-hybridized carbons (Fsp3) is 0.125. The molecule has 0 aromatic heterocycles. The number of halogens is 4. The lowest BCUT2D eigenvalue weighted by molar-refractivity contribution is -0.155. The Kier molecular flexibility index (Phi) is 7.20. The summed E-state index contributed by atoms with van der Waals surface area (Å²) in [5, 5.41) is 1.24. The molecule has 0 unspecified atom stereocenters. The molecule has 9 heteroatoms. The van der Waals surface area contributed by atoms with Gasteiger partial charge in [0.1, 0.15) is 11.5 Å². The minimum atomic E-state index is -0.804. The summed E-state index contributed by atoms with van der Waals surface area (Å²) in [6.07, 6.45) is 0. The van der Waals surface area contributed by atoms with E-state index in [4.69, 9.17) is 60.6 Å². The molecule has 2 aromatic carbocycles. The maximum absolute atomic E-state index is 11.7. The highest BCUT2D eigenvalue weighted by Gasteiger charge is 2.13. The molecular weight excluding hydrogens is 414 g/mol. The Morgan fingerprint density at radius 3 is 1.88 bits per heavy atom. The van der Waals surface area contributed by atoms with Crippen molar-refractivity contribution in [1.82, 2.24) is 0 Å². The van der Waals surface area contributed by atoms with E-state index in [2.05, 4.69) is 0 Å². The molecule has 2 rings (SSSR count). The fourth-order valence-corrected chi connectivity index (χ4v) is 2.53. The number of benzene rings is 2. The minimum absolute atomic E-state index is 0.108. The maximum Gasteiger partial charge on any atom is 0.349 e. The van der Waals surface area contributed by atoms with Gasteiger partial charge in [-0.1, -0.05) is 46.4 Å². The molecule has 0 N–H and O–H groups in total. The molecule has 0 fully saturated rings. The molecule has 132 valence electrons. The number of hydrogen-bond donors (Lipinski definition) is 0. The summed E-state index contributed by atoms with van der Waals surface area (Å²) in [7, 11) is 0. The SMILES string of the molecule is O=C(COc1ccc(Cl)cc1Cl)OCC(=O)Oc1ccc(Cl)cc1Cl. The third-order valence-electron chi connectivity index (χ3n) is 2.71. The van der Waals surface area contributed by atoms with E-state index < -0.39 is 25.2 Å². The normalized spacial score (nSPS) is 10.2. The van der Waals surface area contributed by atoms with Crippen molar-refractivity contribution in [2.75, 3.05) is 13.2 Å². The van der Waals surface area contributed by atoms with Crippen molar-refractivity contribution in [3.8, 4) is 11.5 Å². The van der Waals surface area contributed by atoms with Crippen molar-refractivity contribution in [2.45, 2.75) is 0 Å². The van der Waals surface area contributed by atoms with Gasteiger partial charge in [-0.15, -0.1) is 0 Å². The largest absolute Gasteiger partial charge is 0.480 e. The van der Waals surface area contributed by atoms with Crippen LogP contribution in [0.4, 0.5) is 0 Å². The summed E-state index contributed by atoms with van der Waals surface area (Å²) < 4.78 is 14.9. The second kappa shape index (κ2) is 9.15. The van der Waals surface area contributed by atoms with Crippen LogP contribution >= 0.6 is 46.4 Å². The fourth-order valence-electron chi connectivity index (χ4n) is 1.62. The lowest BCUT2D eigenvalue weighted by atomic mass is 10.3. The molecule has 0 atom stereocenters. The number of esters is 2. The number of hydrogen-bond acceptors (Lipinski definition) is 5. The van der Waals surface area contributed by atoms with Crippen LogP contribution in [0.25, 0.3) is 0 Å². The first-order chi connectivity index (χ1) is 11.8. The van der Waals surface area contributed by atoms with Gasteiger partial charge >= 0.3 is 11.9 Å². The highest BCUT2D eigenvalue weighted by Crippen LogP contribution is 2.28. The molecule has 0 saturated carbocycles. The molecule has 0 spiro atoms. The third kappa shape index (κ3) is 6.29. The number of carbonyl (C=O) groups excluding carboxylic acids is 2. The minimum Gasteiger partial charge on any atom is -0.480 e. The first-order valence-corrected chi connectivity index (χ1v) is 8.25. The Balaban J connectivity index is 1.78. The van der Waals surface area contributed by atoms with Gasteiger partial charge in [-0.3, -0.25) is 0 Å². The second-order valence-corrected chi connectivity index (χ2v) is 6.26. The first-order valence-electron chi connectivity index (χ1n) is 6.74. The highest BCUT2D eigenvalue weighted by molar-refractivity contribution is 6.36. The van der Waals surface area contributed by atoms with E-state index in [1.807, 2.05) is 0 Å². The summed E-state index contributed by atoms with van der Waals surface area (Å²) in [6, 6.07) is 8.89. The van der Waals surface area contributed by atoms with Crippen molar-refractivity contribution in [3.05, 3.63) is 56.5 Å². The predicted octanol–water partition coefficient (Wildman–Crippen LogP) is 4.83. The van der Waals surface area contributed by atoms with Crippen LogP contribution in [0.15, 0.2) is 36.4 Å². The zero-order valence-electron chi connectivity index (χ0n) is 12.4. The number of carbonyl (C=O) groups is 2. The van der Waals surface area contributed by atoms with Crippen LogP contribution < -0.4 is 9.47 Å². The van der Waals surface area contributed by atoms with Crippen molar-refractivity contribution < 1.29 is 23.8 Å². The molecule has 0 heterocycles. The summed E-state index contributed by atoms with van der Waals surface area (Å²) in [6.45, 7) is -1.04. The van der Waals surface area contributed by atoms with E-state index in [-0.39, 0.29) is 21.5 Å². The van der Waals surface area contributed by atoms with E-state index in [9.17, 15) is 9.59 Å². The van der Waals surface area contributed by atoms with Crippen LogP contribution in [0, 0.1) is 0 Å². The van der Waals surface area contributed by atoms with Crippen molar-refractivity contribution in [1.29, 1.82) is 0 Å². The van der Waals surface area contributed by atoms with E-state index in [0.29, 0.717) is 10.0 Å². The zero-order valence-corrected chi connectivity index (χ0v) is 15.5. The van der Waals surface area contributed by atoms with Gasteiger partial charge in [-0.25, -0.2) is 9.59 Å². The molecule has 0 amide bonds. The van der Waals surface area contributed by atoms with E-state index in [0.717, 1.165) is 0 Å². The second-order valence-electron chi connectivity index (χ2n) is 4.57. The summed E-state index contributed by atoms with van der Waals surface area (Å²) in [5.74, 6) is -1.21. The quantitative estimate of drug-likeness (QED) is 0.492. The van der Waals surface area contributed by atoms with Gasteiger partial charge in [0.25, 0.3) is 0 Å². The summed E-state index contributed by atoms with van der Waals surface area (Å²) >= 11 is 23.3. The van der Waals surface area contributed by atoms with Crippen LogP contribution in [-0.2, 0) is 14.3 Å². The van der Waals surface area contributed by atoms with Gasteiger partial charge in [0, 0.05) is 10.0 Å². The molecule has 25 heavy (non-hydrogen) atoms. The van der Waals surface area contributed by atoms with Crippen LogP contribution in [0.5, 0.6) is 11.5 Å². The average molecular weight is 424 g/mol. The molecule has 5 nitrogen and oxygen atoms in total. The van der Waals surface area contributed by atoms with Crippen molar-refractivity contribution in [3.63, 3.8) is 0 Å². The van der Waals surface area contributed by atoms with E-state index in [1.165, 1.54) is 30.3 Å². The van der Waals surface area contributed by atoms with E-state index in [1.54, 1.807) is 6.07 Å². The monoisotopic (exact) mass is 422 g/mol. The maximum atomic E-state index is 11.7. The van der Waals surface area contributed by atoms with Crippen LogP contribution in [-0.4, -0.2) is 25.2 Å². The molecular formula is C16H10Cl4O5. The average Bonchev–Trinajstić information content (AvgIpc) is 2.55. The molecule has 0 bridgehead atoms. The third-order valence-corrected chi connectivity index (χ3v) is 3.77. The Hall–Kier alpha value is -1.66. The lowest BCUT2D eigenvalue weighted by Gasteiger charge is -2.09. The Morgan fingerprint density at radius 1 is 0.760 bits per heavy atom. The van der Waals surface area contributed by atoms with Gasteiger partial charge < -0.3 is 14.2 Å². The van der Waals surface area contributed by atoms with Gasteiger partial charge in [-0.2, -0.15) is 0 Å². The topological polar surface area (TPSA) is 61.8 Å². The Morgan fingerprint density at radius 2 is 1.32 bits per heavy atom. The first kappa shape index (κ1) is 19.7. The molecule has 0 radical (unpaired) electrons. The van der Waals surface area contributed by atoms with Crippen molar-refractivity contribution >= 4 is 58.3 Å². The molecule has 0 aliphatic rings. The van der Waals surface area contributed by atoms with Crippen LogP contribution in [0.1, 0.15) is 0 Å². The Labute approximate surface area is 163 Å². The molecule has 0 aliphatic carbocycles. The van der Waals surface area contributed by atoms with E-state index >= 15 is 0 Å². The summed E-state index contributed by atoms with van der Waals surface area (Å²) in [5.41, 5.74) is 0. The smallest absolute Gasteiger partial charge is 0.349 e. The van der Waals surface area contributed by atoms with Gasteiger partial charge in [0.15, 0.2) is 13.2 Å². The lowest BCUT2D eigenvalue weighted by Crippen LogP contribution is -2.22.